The Hall–Kier alpha value is -0.690. The first-order chi connectivity index (χ1) is 4.04. The van der Waals surface area contributed by atoms with Gasteiger partial charge in [0.1, 0.15) is 6.04 Å². The molecule has 4 N–H and O–H groups in total. The maximum atomic E-state index is 9.92. The molecule has 0 heterocycles. The third-order valence-electron chi connectivity index (χ3n) is 0.680. The molecule has 0 spiro atoms. The summed E-state index contributed by atoms with van der Waals surface area (Å²) in [7, 11) is 0. The second-order valence-electron chi connectivity index (χ2n) is 1.48. The Kier molecular flexibility index (Phi) is 3.10. The number of carboxylic acid groups (broad SMARTS) is 1. The highest BCUT2D eigenvalue weighted by Crippen LogP contribution is 1.79. The van der Waals surface area contributed by atoms with Gasteiger partial charge in [-0.15, -0.1) is 0 Å². The van der Waals surface area contributed by atoms with Crippen LogP contribution in [0.3, 0.4) is 0 Å². The lowest BCUT2D eigenvalue weighted by Gasteiger charge is -2.10. The summed E-state index contributed by atoms with van der Waals surface area (Å²) in [6.45, 7) is 1.27. The van der Waals surface area contributed by atoms with E-state index in [2.05, 4.69) is 0 Å². The lowest BCUT2D eigenvalue weighted by atomic mass is 10.4. The van der Waals surface area contributed by atoms with Crippen molar-refractivity contribution in [3.8, 4) is 0 Å². The monoisotopic (exact) mass is 136 g/mol. The summed E-state index contributed by atoms with van der Waals surface area (Å²) in [5.41, 5.74) is 1.79. The Labute approximate surface area is 51.2 Å². The van der Waals surface area contributed by atoms with Gasteiger partial charge in [0.2, 0.25) is 0 Å². The van der Waals surface area contributed by atoms with E-state index in [0.717, 1.165) is 0 Å². The number of rotatable bonds is 3. The van der Waals surface area contributed by atoms with Crippen LogP contribution in [0.1, 0.15) is 6.92 Å². The number of nitrogens with zero attached hydrogens (tertiary/aromatic N) is 1. The van der Waals surface area contributed by atoms with Crippen LogP contribution in [0.4, 0.5) is 0 Å². The number of aliphatic carboxylic acids is 1. The molecule has 1 unspecified atom stereocenters. The van der Waals surface area contributed by atoms with Crippen molar-refractivity contribution in [3.05, 3.63) is 0 Å². The molecule has 0 rings (SSSR count). The Morgan fingerprint density at radius 2 is 2.11 bits per heavy atom. The smallest absolute Gasteiger partial charge is 0.321 e. The summed E-state index contributed by atoms with van der Waals surface area (Å²) in [4.78, 5) is 9.92. The minimum Gasteiger partial charge on any atom is -0.480 e. The van der Waals surface area contributed by atoms with Gasteiger partial charge in [0.05, 0.1) is 0 Å². The maximum Gasteiger partial charge on any atom is 0.321 e. The van der Waals surface area contributed by atoms with E-state index >= 15 is 0 Å². The predicted octanol–water partition coefficient (Wildman–Crippen LogP) is -0.955. The van der Waals surface area contributed by atoms with Crippen molar-refractivity contribution in [2.45, 2.75) is 13.0 Å². The van der Waals surface area contributed by atoms with Crippen LogP contribution >= 0.6 is 0 Å². The van der Waals surface area contributed by atoms with Gasteiger partial charge in [0, 0.05) is 5.34 Å². The Bertz CT molecular complexity index is 104. The molecular formula is C3H8N2O4. The van der Waals surface area contributed by atoms with Crippen LogP contribution in [-0.2, 0) is 4.79 Å². The molecule has 1 atom stereocenters. The van der Waals surface area contributed by atoms with Gasteiger partial charge in [0.15, 0.2) is 0 Å². The molecule has 0 aromatic carbocycles. The van der Waals surface area contributed by atoms with Crippen LogP contribution in [0.15, 0.2) is 0 Å². The average molecular weight is 136 g/mol. The van der Waals surface area contributed by atoms with Crippen molar-refractivity contribution in [3.63, 3.8) is 0 Å². The number of hydrogen-bond donors (Lipinski definition) is 4. The van der Waals surface area contributed by atoms with E-state index in [1.54, 1.807) is 5.43 Å². The first-order valence-corrected chi connectivity index (χ1v) is 2.21. The van der Waals surface area contributed by atoms with Gasteiger partial charge < -0.3 is 5.11 Å². The van der Waals surface area contributed by atoms with E-state index in [4.69, 9.17) is 15.5 Å². The van der Waals surface area contributed by atoms with Gasteiger partial charge in [-0.3, -0.25) is 15.2 Å². The molecule has 6 heteroatoms. The Morgan fingerprint density at radius 3 is 2.22 bits per heavy atom. The standard InChI is InChI=1S/C3H8N2O4/c1-2(3(6)7)4-5(8)9/h2,4,8-9H,1H3,(H,6,7). The van der Waals surface area contributed by atoms with Crippen molar-refractivity contribution in [2.75, 3.05) is 0 Å². The zero-order valence-corrected chi connectivity index (χ0v) is 4.77. The van der Waals surface area contributed by atoms with Crippen LogP contribution in [0.25, 0.3) is 0 Å². The molecule has 0 saturated carbocycles. The highest BCUT2D eigenvalue weighted by atomic mass is 16.8. The largest absolute Gasteiger partial charge is 0.480 e. The molecule has 0 radical (unpaired) electrons. The summed E-state index contributed by atoms with van der Waals surface area (Å²) >= 11 is 0. The fraction of sp³-hybridized carbons (Fsp3) is 0.667. The van der Waals surface area contributed by atoms with Gasteiger partial charge in [-0.25, -0.2) is 0 Å². The molecule has 9 heavy (non-hydrogen) atoms. The van der Waals surface area contributed by atoms with Gasteiger partial charge in [-0.05, 0) is 6.92 Å². The second-order valence-corrected chi connectivity index (χ2v) is 1.48. The minimum atomic E-state index is -1.16. The lowest BCUT2D eigenvalue weighted by Crippen LogP contribution is -2.43. The normalized spacial score (nSPS) is 13.8. The second kappa shape index (κ2) is 3.36. The van der Waals surface area contributed by atoms with Crippen LogP contribution < -0.4 is 5.43 Å². The van der Waals surface area contributed by atoms with Crippen molar-refractivity contribution < 1.29 is 20.3 Å². The molecule has 0 aliphatic heterocycles. The van der Waals surface area contributed by atoms with Crippen LogP contribution in [-0.4, -0.2) is 32.9 Å². The summed E-state index contributed by atoms with van der Waals surface area (Å²) in [6, 6.07) is -1.01. The zero-order chi connectivity index (χ0) is 7.44. The molecule has 0 aromatic rings. The summed E-state index contributed by atoms with van der Waals surface area (Å²) < 4.78 is 0. The topological polar surface area (TPSA) is 93.0 Å². The van der Waals surface area contributed by atoms with Gasteiger partial charge >= 0.3 is 5.97 Å². The van der Waals surface area contributed by atoms with E-state index in [1.807, 2.05) is 0 Å². The van der Waals surface area contributed by atoms with Gasteiger partial charge in [0.25, 0.3) is 0 Å². The number of carbonyl (C=O) groups is 1. The third kappa shape index (κ3) is 3.86. The van der Waals surface area contributed by atoms with Crippen LogP contribution in [0.5, 0.6) is 0 Å². The minimum absolute atomic E-state index is 0.390. The summed E-state index contributed by atoms with van der Waals surface area (Å²) in [5, 5.41) is 23.7. The molecule has 0 fully saturated rings. The molecule has 54 valence electrons. The number of hydrogen-bond acceptors (Lipinski definition) is 5. The number of carboxylic acids is 1. The molecule has 0 aliphatic carbocycles. The van der Waals surface area contributed by atoms with E-state index < -0.39 is 17.3 Å². The van der Waals surface area contributed by atoms with E-state index in [9.17, 15) is 4.79 Å². The van der Waals surface area contributed by atoms with Crippen molar-refractivity contribution >= 4 is 5.97 Å². The highest BCUT2D eigenvalue weighted by Gasteiger charge is 2.11. The molecule has 0 bridgehead atoms. The zero-order valence-electron chi connectivity index (χ0n) is 4.77. The highest BCUT2D eigenvalue weighted by molar-refractivity contribution is 5.72. The average Bonchev–Trinajstić information content (AvgIpc) is 1.63. The maximum absolute atomic E-state index is 9.92. The van der Waals surface area contributed by atoms with Crippen LogP contribution in [0.2, 0.25) is 0 Å². The van der Waals surface area contributed by atoms with Crippen LogP contribution in [0, 0.1) is 0 Å². The van der Waals surface area contributed by atoms with E-state index in [-0.39, 0.29) is 0 Å². The molecule has 0 aromatic heterocycles. The quantitative estimate of drug-likeness (QED) is 0.373. The van der Waals surface area contributed by atoms with Crippen molar-refractivity contribution in [1.82, 2.24) is 10.8 Å². The summed E-state index contributed by atoms with van der Waals surface area (Å²) in [6.07, 6.45) is 0. The molecule has 0 amide bonds. The third-order valence-corrected chi connectivity index (χ3v) is 0.680. The summed E-state index contributed by atoms with van der Waals surface area (Å²) in [5.74, 6) is -1.16. The fourth-order valence-corrected chi connectivity index (χ4v) is 0.228. The fourth-order valence-electron chi connectivity index (χ4n) is 0.228. The molecular weight excluding hydrogens is 128 g/mol. The van der Waals surface area contributed by atoms with Crippen molar-refractivity contribution in [1.29, 1.82) is 0 Å². The van der Waals surface area contributed by atoms with Crippen molar-refractivity contribution in [2.24, 2.45) is 0 Å². The molecule has 6 nitrogen and oxygen atoms in total. The lowest BCUT2D eigenvalue weighted by molar-refractivity contribution is -0.345. The van der Waals surface area contributed by atoms with Gasteiger partial charge in [-0.2, -0.15) is 5.43 Å². The number of nitrogens with one attached hydrogen (secondary N) is 1. The number of hydrazine groups is 1. The van der Waals surface area contributed by atoms with E-state index in [1.165, 1.54) is 6.92 Å². The molecule has 0 aliphatic rings. The Balaban J connectivity index is 3.50. The first-order valence-electron chi connectivity index (χ1n) is 2.21. The predicted molar refractivity (Wildman–Crippen MR) is 25.6 cm³/mol. The SMILES string of the molecule is CC(NN(O)O)C(=O)O. The molecule has 0 saturated heterocycles. The first kappa shape index (κ1) is 8.31. The van der Waals surface area contributed by atoms with Gasteiger partial charge in [-0.1, -0.05) is 0 Å². The Morgan fingerprint density at radius 1 is 1.67 bits per heavy atom. The van der Waals surface area contributed by atoms with E-state index in [0.29, 0.717) is 0 Å².